The van der Waals surface area contributed by atoms with E-state index in [2.05, 4.69) is 69.5 Å². The highest BCUT2D eigenvalue weighted by Crippen LogP contribution is 2.51. The van der Waals surface area contributed by atoms with Gasteiger partial charge in [0.15, 0.2) is 17.0 Å². The zero-order chi connectivity index (χ0) is 32.8. The maximum Gasteiger partial charge on any atom is 0.224 e. The van der Waals surface area contributed by atoms with Crippen molar-refractivity contribution in [2.75, 3.05) is 62.6 Å². The Bertz CT molecular complexity index is 1740. The number of carbonyl (C=O) groups is 1. The first kappa shape index (κ1) is 31.0. The van der Waals surface area contributed by atoms with Crippen molar-refractivity contribution >= 4 is 34.3 Å². The van der Waals surface area contributed by atoms with Crippen LogP contribution in [-0.4, -0.2) is 106 Å². The molecule has 3 saturated heterocycles. The van der Waals surface area contributed by atoms with Crippen LogP contribution in [0.5, 0.6) is 0 Å². The summed E-state index contributed by atoms with van der Waals surface area (Å²) in [7, 11) is 0. The van der Waals surface area contributed by atoms with Crippen molar-refractivity contribution < 1.29 is 4.79 Å². The third kappa shape index (κ3) is 6.28. The summed E-state index contributed by atoms with van der Waals surface area (Å²) in [4.78, 5) is 34.4. The van der Waals surface area contributed by atoms with E-state index in [0.29, 0.717) is 17.7 Å². The highest BCUT2D eigenvalue weighted by atomic mass is 16.1. The van der Waals surface area contributed by atoms with Crippen molar-refractivity contribution in [3.63, 3.8) is 0 Å². The monoisotopic (exact) mass is 660 g/mol. The van der Waals surface area contributed by atoms with Crippen LogP contribution < -0.4 is 20.9 Å². The van der Waals surface area contributed by atoms with Gasteiger partial charge in [0.25, 0.3) is 0 Å². The number of likely N-dealkylation sites (tertiary alicyclic amines) is 1. The van der Waals surface area contributed by atoms with E-state index in [0.717, 1.165) is 73.5 Å². The van der Waals surface area contributed by atoms with E-state index in [4.69, 9.17) is 4.98 Å². The molecule has 5 aliphatic rings. The molecule has 2 aliphatic carbocycles. The van der Waals surface area contributed by atoms with Gasteiger partial charge in [-0.15, -0.1) is 0 Å². The predicted octanol–water partition coefficient (Wildman–Crippen LogP) is 3.97. The van der Waals surface area contributed by atoms with Crippen molar-refractivity contribution in [1.82, 2.24) is 40.0 Å². The second kappa shape index (κ2) is 13.0. The van der Waals surface area contributed by atoms with Gasteiger partial charge in [-0.25, -0.2) is 15.0 Å². The summed E-state index contributed by atoms with van der Waals surface area (Å²) in [6.45, 7) is 9.48. The van der Waals surface area contributed by atoms with Crippen molar-refractivity contribution in [2.45, 2.75) is 69.1 Å². The molecule has 1 spiro atoms. The van der Waals surface area contributed by atoms with Gasteiger partial charge < -0.3 is 25.4 Å². The fourth-order valence-electron chi connectivity index (χ4n) is 8.94. The summed E-state index contributed by atoms with van der Waals surface area (Å²) in [5.74, 6) is 0.781. The molecule has 4 aromatic rings. The molecule has 0 radical (unpaired) electrons. The number of rotatable bonds is 9. The molecule has 3 N–H and O–H groups in total. The fraction of sp³-hybridized carbons (Fsp3) is 0.526. The molecule has 256 valence electrons. The number of nitrogens with zero attached hydrogens (tertiary/aromatic N) is 7. The number of piperazine rings is 1. The topological polar surface area (TPSA) is 106 Å². The molecule has 9 rings (SSSR count). The molecular weight excluding hydrogens is 612 g/mol. The van der Waals surface area contributed by atoms with Crippen molar-refractivity contribution in [3.05, 3.63) is 72.8 Å². The van der Waals surface area contributed by atoms with Gasteiger partial charge in [-0.1, -0.05) is 30.3 Å². The van der Waals surface area contributed by atoms with Crippen LogP contribution in [-0.2, 0) is 11.2 Å². The van der Waals surface area contributed by atoms with Gasteiger partial charge in [0.2, 0.25) is 5.91 Å². The average Bonchev–Trinajstić information content (AvgIpc) is 3.50. The molecule has 5 heterocycles. The van der Waals surface area contributed by atoms with Crippen LogP contribution in [0.25, 0.3) is 11.2 Å². The Morgan fingerprint density at radius 3 is 2.27 bits per heavy atom. The van der Waals surface area contributed by atoms with Gasteiger partial charge in [-0.05, 0) is 86.9 Å². The largest absolute Gasteiger partial charge is 0.369 e. The van der Waals surface area contributed by atoms with Crippen molar-refractivity contribution in [3.8, 4) is 0 Å². The normalized spacial score (nSPS) is 24.7. The Balaban J connectivity index is 0.749. The van der Waals surface area contributed by atoms with E-state index in [-0.39, 0.29) is 18.0 Å². The second-order valence-electron chi connectivity index (χ2n) is 15.2. The smallest absolute Gasteiger partial charge is 0.224 e. The molecule has 2 saturated carbocycles. The number of amides is 1. The Morgan fingerprint density at radius 2 is 1.55 bits per heavy atom. The summed E-state index contributed by atoms with van der Waals surface area (Å²) < 4.78 is 2.13. The van der Waals surface area contributed by atoms with Gasteiger partial charge in [-0.3, -0.25) is 14.6 Å². The summed E-state index contributed by atoms with van der Waals surface area (Å²) >= 11 is 0. The molecule has 3 aliphatic heterocycles. The second-order valence-corrected chi connectivity index (χ2v) is 15.2. The average molecular weight is 661 g/mol. The maximum atomic E-state index is 12.5. The lowest BCUT2D eigenvalue weighted by molar-refractivity contribution is -0.121. The van der Waals surface area contributed by atoms with Crippen molar-refractivity contribution in [2.24, 2.45) is 5.41 Å². The van der Waals surface area contributed by atoms with Crippen LogP contribution in [0.15, 0.2) is 67.3 Å². The number of carbonyl (C=O) groups excluding carboxylic acids is 1. The summed E-state index contributed by atoms with van der Waals surface area (Å²) in [5, 5.41) is 10.1. The van der Waals surface area contributed by atoms with Crippen LogP contribution in [0.3, 0.4) is 0 Å². The zero-order valence-corrected chi connectivity index (χ0v) is 28.3. The maximum absolute atomic E-state index is 12.5. The lowest BCUT2D eigenvalue weighted by Gasteiger charge is -2.57. The molecule has 1 amide bonds. The lowest BCUT2D eigenvalue weighted by Crippen LogP contribution is -2.62. The van der Waals surface area contributed by atoms with Crippen LogP contribution in [0.4, 0.5) is 17.2 Å². The Morgan fingerprint density at radius 1 is 0.816 bits per heavy atom. The van der Waals surface area contributed by atoms with Gasteiger partial charge in [0, 0.05) is 74.8 Å². The molecule has 2 aromatic heterocycles. The highest BCUT2D eigenvalue weighted by Gasteiger charge is 2.48. The summed E-state index contributed by atoms with van der Waals surface area (Å²) in [5.41, 5.74) is 5.51. The van der Waals surface area contributed by atoms with Gasteiger partial charge in [0.1, 0.15) is 6.33 Å². The first-order chi connectivity index (χ1) is 24.1. The minimum atomic E-state index is 0.0715. The SMILES string of the molecule is O=C(Cc1ccccc1)NC1CC(n2cnc3c(Nc4ccc(N5CCN(C6CC7(CCN(C8CNC8)CC7)C6)CC5)cc4)ncnc32)C1. The molecular formula is C38H48N10O. The van der Waals surface area contributed by atoms with Crippen LogP contribution >= 0.6 is 0 Å². The number of hydrogen-bond acceptors (Lipinski definition) is 9. The lowest BCUT2D eigenvalue weighted by atomic mass is 9.59. The molecule has 5 fully saturated rings. The molecule has 49 heavy (non-hydrogen) atoms. The molecule has 11 nitrogen and oxygen atoms in total. The molecule has 0 atom stereocenters. The minimum absolute atomic E-state index is 0.0715. The van der Waals surface area contributed by atoms with Gasteiger partial charge in [0.05, 0.1) is 12.7 Å². The van der Waals surface area contributed by atoms with Gasteiger partial charge >= 0.3 is 0 Å². The molecule has 11 heteroatoms. The number of piperidine rings is 1. The Kier molecular flexibility index (Phi) is 8.21. The fourth-order valence-corrected chi connectivity index (χ4v) is 8.94. The minimum Gasteiger partial charge on any atom is -0.369 e. The van der Waals surface area contributed by atoms with Crippen LogP contribution in [0.1, 0.15) is 50.1 Å². The number of imidazole rings is 1. The van der Waals surface area contributed by atoms with Gasteiger partial charge in [-0.2, -0.15) is 0 Å². The molecule has 0 bridgehead atoms. The first-order valence-corrected chi connectivity index (χ1v) is 18.4. The summed E-state index contributed by atoms with van der Waals surface area (Å²) in [6.07, 6.45) is 11.2. The Hall–Kier alpha value is -4.06. The van der Waals surface area contributed by atoms with E-state index in [1.165, 1.54) is 57.5 Å². The van der Waals surface area contributed by atoms with E-state index in [1.54, 1.807) is 6.33 Å². The van der Waals surface area contributed by atoms with E-state index in [1.807, 2.05) is 36.7 Å². The third-order valence-corrected chi connectivity index (χ3v) is 12.2. The number of aromatic nitrogens is 4. The molecule has 0 unspecified atom stereocenters. The number of anilines is 3. The molecule has 2 aromatic carbocycles. The number of nitrogens with one attached hydrogen (secondary N) is 3. The zero-order valence-electron chi connectivity index (χ0n) is 28.3. The quantitative estimate of drug-likeness (QED) is 0.246. The predicted molar refractivity (Wildman–Crippen MR) is 192 cm³/mol. The first-order valence-electron chi connectivity index (χ1n) is 18.4. The van der Waals surface area contributed by atoms with E-state index in [9.17, 15) is 4.79 Å². The summed E-state index contributed by atoms with van der Waals surface area (Å²) in [6, 6.07) is 20.6. The van der Waals surface area contributed by atoms with E-state index >= 15 is 0 Å². The number of fused-ring (bicyclic) bond motifs is 1. The van der Waals surface area contributed by atoms with Crippen LogP contribution in [0, 0.1) is 5.41 Å². The van der Waals surface area contributed by atoms with Crippen LogP contribution in [0.2, 0.25) is 0 Å². The highest BCUT2D eigenvalue weighted by molar-refractivity contribution is 5.85. The number of hydrogen-bond donors (Lipinski definition) is 3. The van der Waals surface area contributed by atoms with Crippen molar-refractivity contribution in [1.29, 1.82) is 0 Å². The third-order valence-electron chi connectivity index (χ3n) is 12.2. The standard InChI is InChI=1S/C38H48N10O/c49-34(18-27-4-2-1-3-5-27)43-29-19-31(20-29)48-26-42-35-36(40-25-41-37(35)48)44-28-6-8-30(9-7-28)46-14-16-47(17-15-46)32-21-38(22-32)10-12-45(13-11-38)33-23-39-24-33/h1-9,25-26,29,31-33,39H,10-24H2,(H,43,49)(H,40,41,44). The number of benzene rings is 2. The Labute approximate surface area is 288 Å². The van der Waals surface area contributed by atoms with E-state index < -0.39 is 0 Å².